The van der Waals surface area contributed by atoms with Crippen molar-refractivity contribution < 1.29 is 24.2 Å². The second-order valence-corrected chi connectivity index (χ2v) is 10.5. The highest BCUT2D eigenvalue weighted by atomic mass is 16.5. The predicted octanol–water partition coefficient (Wildman–Crippen LogP) is 7.86. The molecule has 0 aliphatic heterocycles. The number of carbonyl (C=O) groups excluding carboxylic acids is 1. The number of hydrogen-bond acceptors (Lipinski definition) is 7. The lowest BCUT2D eigenvalue weighted by atomic mass is 9.90. The van der Waals surface area contributed by atoms with Crippen molar-refractivity contribution in [2.24, 2.45) is 16.6 Å². The van der Waals surface area contributed by atoms with Crippen LogP contribution in [0.2, 0.25) is 0 Å². The molecular weight excluding hydrogens is 530 g/mol. The first-order valence-electron chi connectivity index (χ1n) is 15.1. The zero-order chi connectivity index (χ0) is 32.1. The number of allylic oxidation sites excluding steroid dienone is 8. The molecule has 236 valence electrons. The minimum atomic E-state index is -0.602. The fraction of sp³-hybridized carbons (Fsp3) is 0.559. The molecule has 4 N–H and O–H groups in total. The summed E-state index contributed by atoms with van der Waals surface area (Å²) in [7, 11) is 1.61. The molecule has 0 atom stereocenters. The van der Waals surface area contributed by atoms with E-state index >= 15 is 0 Å². The van der Waals surface area contributed by atoms with E-state index in [1.54, 1.807) is 39.2 Å². The van der Waals surface area contributed by atoms with Crippen molar-refractivity contribution in [1.29, 1.82) is 0 Å². The van der Waals surface area contributed by atoms with Crippen LogP contribution in [-0.4, -0.2) is 36.0 Å². The number of methoxy groups -OCH3 is 1. The third kappa shape index (κ3) is 16.0. The van der Waals surface area contributed by atoms with Gasteiger partial charge in [-0.05, 0) is 96.6 Å². The number of nitrogens with two attached hydrogens (primary N) is 1. The first-order chi connectivity index (χ1) is 19.9. The Labute approximate surface area is 254 Å². The summed E-state index contributed by atoms with van der Waals surface area (Å²) in [6.45, 7) is 15.3. The summed E-state index contributed by atoms with van der Waals surface area (Å²) < 4.78 is 11.2. The molecule has 1 fully saturated rings. The Morgan fingerprint density at radius 1 is 1.07 bits per heavy atom. The Morgan fingerprint density at radius 2 is 1.71 bits per heavy atom. The molecule has 1 rings (SSSR count). The number of Topliss-reactive ketones (excluding diaryl/α,β-unsaturated/α-hetero) is 1. The Balaban J connectivity index is 0.00000157. The van der Waals surface area contributed by atoms with E-state index in [4.69, 9.17) is 20.3 Å². The minimum absolute atomic E-state index is 0.0289. The van der Waals surface area contributed by atoms with E-state index in [-0.39, 0.29) is 23.5 Å². The standard InChI is InChI=1S/C27H43N3O3.C7H12O2/c1-10-13-14-16-25(33-19(4)5)29-24(12-3)30-26(22(8)28)27(31)21(7)17-18-23(32-9)20(6)15-11-2;8-7(9)6-4-2-1-3-5-6/h12,14-19,30H,10-11,13,28H2,1-9H3;6H,1-5H2,(H,8,9)/b16-14+,20-15+,21-17+,23-18+,24-12+,26-22+,29-25+;. The molecule has 42 heavy (non-hydrogen) atoms. The SMILES string of the molecule is C\C=C(/N=C(\C=C\CCC)OC(C)C)N/C(C(=O)/C(C)=C/C=C(OC)\C(C)=C\CC)=C(\C)N.O=C(O)C1CCCCC1. The van der Waals surface area contributed by atoms with E-state index in [1.807, 2.05) is 39.8 Å². The fourth-order valence-electron chi connectivity index (χ4n) is 4.03. The van der Waals surface area contributed by atoms with Crippen molar-refractivity contribution in [3.8, 4) is 0 Å². The number of carboxylic acids is 1. The Morgan fingerprint density at radius 3 is 2.17 bits per heavy atom. The van der Waals surface area contributed by atoms with Gasteiger partial charge in [0, 0.05) is 5.70 Å². The second-order valence-electron chi connectivity index (χ2n) is 10.5. The maximum atomic E-state index is 13.1. The van der Waals surface area contributed by atoms with Gasteiger partial charge in [0.25, 0.3) is 0 Å². The van der Waals surface area contributed by atoms with Crippen LogP contribution in [-0.2, 0) is 19.1 Å². The smallest absolute Gasteiger partial charge is 0.306 e. The van der Waals surface area contributed by atoms with Crippen molar-refractivity contribution in [3.05, 3.63) is 70.6 Å². The normalized spacial score (nSPS) is 16.6. The van der Waals surface area contributed by atoms with Crippen LogP contribution in [0.15, 0.2) is 75.6 Å². The van der Waals surface area contributed by atoms with Crippen LogP contribution in [0.5, 0.6) is 0 Å². The number of ketones is 1. The predicted molar refractivity (Wildman–Crippen MR) is 174 cm³/mol. The molecule has 0 amide bonds. The van der Waals surface area contributed by atoms with Gasteiger partial charge in [0.1, 0.15) is 17.3 Å². The number of aliphatic imine (C=N–C) groups is 1. The highest BCUT2D eigenvalue weighted by Gasteiger charge is 2.19. The first kappa shape index (κ1) is 38.5. The molecule has 0 spiro atoms. The summed E-state index contributed by atoms with van der Waals surface area (Å²) in [4.78, 5) is 28.0. The van der Waals surface area contributed by atoms with Gasteiger partial charge in [-0.15, -0.1) is 0 Å². The molecule has 0 aromatic carbocycles. The molecule has 1 aliphatic rings. The van der Waals surface area contributed by atoms with Crippen LogP contribution < -0.4 is 11.1 Å². The monoisotopic (exact) mass is 585 g/mol. The van der Waals surface area contributed by atoms with Gasteiger partial charge in [-0.2, -0.15) is 4.99 Å². The Bertz CT molecular complexity index is 1060. The molecule has 0 aromatic heterocycles. The zero-order valence-electron chi connectivity index (χ0n) is 27.4. The zero-order valence-corrected chi connectivity index (χ0v) is 27.4. The van der Waals surface area contributed by atoms with Gasteiger partial charge < -0.3 is 25.6 Å². The second kappa shape index (κ2) is 22.1. The molecule has 8 nitrogen and oxygen atoms in total. The molecular formula is C34H55N3O5. The van der Waals surface area contributed by atoms with Crippen LogP contribution in [0.1, 0.15) is 107 Å². The third-order valence-corrected chi connectivity index (χ3v) is 6.37. The molecule has 0 unspecified atom stereocenters. The highest BCUT2D eigenvalue weighted by Crippen LogP contribution is 2.23. The van der Waals surface area contributed by atoms with Gasteiger partial charge >= 0.3 is 5.97 Å². The fourth-order valence-corrected chi connectivity index (χ4v) is 4.03. The van der Waals surface area contributed by atoms with Gasteiger partial charge in [-0.25, -0.2) is 0 Å². The lowest BCUT2D eigenvalue weighted by Crippen LogP contribution is -2.25. The number of rotatable bonds is 14. The molecule has 0 aromatic rings. The van der Waals surface area contributed by atoms with E-state index in [0.29, 0.717) is 28.7 Å². The molecule has 0 bridgehead atoms. The van der Waals surface area contributed by atoms with E-state index in [0.717, 1.165) is 50.5 Å². The summed E-state index contributed by atoms with van der Waals surface area (Å²) in [6.07, 6.45) is 19.3. The number of carbonyl (C=O) groups is 2. The molecule has 0 radical (unpaired) electrons. The van der Waals surface area contributed by atoms with Gasteiger partial charge in [-0.1, -0.05) is 57.8 Å². The molecule has 0 saturated heterocycles. The minimum Gasteiger partial charge on any atom is -0.497 e. The van der Waals surface area contributed by atoms with Crippen LogP contribution in [0.4, 0.5) is 0 Å². The summed E-state index contributed by atoms with van der Waals surface area (Å²) in [5, 5.41) is 11.6. The number of nitrogens with zero attached hydrogens (tertiary/aromatic N) is 1. The maximum absolute atomic E-state index is 13.1. The quantitative estimate of drug-likeness (QED) is 0.0623. The van der Waals surface area contributed by atoms with Gasteiger partial charge in [-0.3, -0.25) is 9.59 Å². The van der Waals surface area contributed by atoms with Crippen LogP contribution in [0.3, 0.4) is 0 Å². The Kier molecular flexibility index (Phi) is 20.2. The van der Waals surface area contributed by atoms with Crippen molar-refractivity contribution in [1.82, 2.24) is 5.32 Å². The number of carboxylic acid groups (broad SMARTS) is 1. The molecule has 0 heterocycles. The first-order valence-corrected chi connectivity index (χ1v) is 15.1. The van der Waals surface area contributed by atoms with Crippen LogP contribution in [0.25, 0.3) is 0 Å². The largest absolute Gasteiger partial charge is 0.497 e. The number of unbranched alkanes of at least 4 members (excludes halogenated alkanes) is 1. The number of nitrogens with one attached hydrogen (secondary N) is 1. The van der Waals surface area contributed by atoms with Crippen molar-refractivity contribution in [2.45, 2.75) is 113 Å². The molecule has 1 aliphatic carbocycles. The van der Waals surface area contributed by atoms with Crippen LogP contribution >= 0.6 is 0 Å². The highest BCUT2D eigenvalue weighted by molar-refractivity contribution is 6.08. The number of aliphatic carboxylic acids is 1. The molecule has 8 heteroatoms. The van der Waals surface area contributed by atoms with E-state index in [1.165, 1.54) is 6.42 Å². The van der Waals surface area contributed by atoms with E-state index in [9.17, 15) is 9.59 Å². The summed E-state index contributed by atoms with van der Waals surface area (Å²) in [6, 6.07) is 0. The third-order valence-electron chi connectivity index (χ3n) is 6.37. The summed E-state index contributed by atoms with van der Waals surface area (Å²) in [5.74, 6) is 0.802. The van der Waals surface area contributed by atoms with E-state index in [2.05, 4.69) is 30.2 Å². The lowest BCUT2D eigenvalue weighted by molar-refractivity contribution is -0.142. The summed E-state index contributed by atoms with van der Waals surface area (Å²) >= 11 is 0. The average molecular weight is 586 g/mol. The van der Waals surface area contributed by atoms with Crippen molar-refractivity contribution in [3.63, 3.8) is 0 Å². The maximum Gasteiger partial charge on any atom is 0.306 e. The van der Waals surface area contributed by atoms with Gasteiger partial charge in [0.15, 0.2) is 0 Å². The van der Waals surface area contributed by atoms with Crippen molar-refractivity contribution in [2.75, 3.05) is 7.11 Å². The Hall–Kier alpha value is -3.55. The number of hydrogen-bond donors (Lipinski definition) is 3. The van der Waals surface area contributed by atoms with Crippen LogP contribution in [0, 0.1) is 5.92 Å². The number of ether oxygens (including phenoxy) is 2. The van der Waals surface area contributed by atoms with E-state index < -0.39 is 5.97 Å². The summed E-state index contributed by atoms with van der Waals surface area (Å²) in [5.41, 5.74) is 8.23. The van der Waals surface area contributed by atoms with Crippen molar-refractivity contribution >= 4 is 17.7 Å². The lowest BCUT2D eigenvalue weighted by Gasteiger charge is -2.16. The molecule has 1 saturated carbocycles. The van der Waals surface area contributed by atoms with Gasteiger partial charge in [0.05, 0.1) is 19.1 Å². The average Bonchev–Trinajstić information content (AvgIpc) is 2.95. The topological polar surface area (TPSA) is 123 Å². The van der Waals surface area contributed by atoms with Gasteiger partial charge in [0.2, 0.25) is 11.7 Å².